The van der Waals surface area contributed by atoms with Gasteiger partial charge in [0.1, 0.15) is 0 Å². The zero-order chi connectivity index (χ0) is 28.0. The monoisotopic (exact) mass is 530 g/mol. The summed E-state index contributed by atoms with van der Waals surface area (Å²) in [5.74, 6) is 0.172. The van der Waals surface area contributed by atoms with E-state index >= 15 is 0 Å². The van der Waals surface area contributed by atoms with E-state index < -0.39 is 0 Å². The SMILES string of the molecule is CC1(C)OB(c2cc3ccc4cc5c6c(ccc7cc(c2)c3c4c76)CC(B2OC(C)(C)C(C)(C)O2)C=5)OC1(C)C. The second kappa shape index (κ2) is 7.60. The standard InChI is InChI=1S/C34H36B2O4/c1-31(2)32(3,4)38-35(37-31)25-15-21-11-9-20-14-24-18-26(36-39-33(5,6)34(7,8)40-36)16-22-12-10-19-13-23(17-25)27(21)29(20)30(19)28(22)24/h9-15,17-18,26H,16H2,1-8H3. The van der Waals surface area contributed by atoms with Crippen LogP contribution in [-0.2, 0) is 25.0 Å². The van der Waals surface area contributed by atoms with Crippen molar-refractivity contribution in [1.29, 1.82) is 0 Å². The van der Waals surface area contributed by atoms with Crippen molar-refractivity contribution in [2.24, 2.45) is 0 Å². The van der Waals surface area contributed by atoms with Gasteiger partial charge in [0.05, 0.1) is 22.4 Å². The molecule has 0 radical (unpaired) electrons. The van der Waals surface area contributed by atoms with Crippen molar-refractivity contribution >= 4 is 68.9 Å². The molecule has 202 valence electrons. The lowest BCUT2D eigenvalue weighted by molar-refractivity contribution is 0.00578. The first-order chi connectivity index (χ1) is 18.7. The predicted molar refractivity (Wildman–Crippen MR) is 167 cm³/mol. The van der Waals surface area contributed by atoms with E-state index in [1.54, 1.807) is 0 Å². The van der Waals surface area contributed by atoms with Crippen molar-refractivity contribution in [3.05, 3.63) is 59.3 Å². The Morgan fingerprint density at radius 1 is 0.575 bits per heavy atom. The molecule has 2 fully saturated rings. The maximum atomic E-state index is 6.49. The highest BCUT2D eigenvalue weighted by atomic mass is 16.7. The number of hydrogen-bond acceptors (Lipinski definition) is 4. The molecule has 3 aliphatic rings. The minimum absolute atomic E-state index is 0.172. The summed E-state index contributed by atoms with van der Waals surface area (Å²) in [5, 5.41) is 11.7. The van der Waals surface area contributed by atoms with Crippen LogP contribution in [0.25, 0.3) is 49.2 Å². The van der Waals surface area contributed by atoms with E-state index in [0.717, 1.165) is 11.9 Å². The molecule has 5 aromatic rings. The quantitative estimate of drug-likeness (QED) is 0.147. The molecule has 0 amide bonds. The maximum absolute atomic E-state index is 6.49. The van der Waals surface area contributed by atoms with Gasteiger partial charge in [-0.1, -0.05) is 42.5 Å². The van der Waals surface area contributed by atoms with E-state index in [2.05, 4.69) is 110 Å². The Kier molecular flexibility index (Phi) is 4.77. The summed E-state index contributed by atoms with van der Waals surface area (Å²) in [7, 11) is -0.632. The van der Waals surface area contributed by atoms with Crippen LogP contribution in [0.2, 0.25) is 5.82 Å². The molecule has 1 atom stereocenters. The van der Waals surface area contributed by atoms with Gasteiger partial charge in [0.15, 0.2) is 0 Å². The van der Waals surface area contributed by atoms with Gasteiger partial charge in [-0.2, -0.15) is 0 Å². The molecule has 6 heteroatoms. The summed E-state index contributed by atoms with van der Waals surface area (Å²) in [5.41, 5.74) is 1.04. The van der Waals surface area contributed by atoms with Crippen LogP contribution >= 0.6 is 0 Å². The summed E-state index contributed by atoms with van der Waals surface area (Å²) >= 11 is 0. The third-order valence-electron chi connectivity index (χ3n) is 10.7. The van der Waals surface area contributed by atoms with E-state index in [-0.39, 0.29) is 42.5 Å². The minimum atomic E-state index is -0.381. The molecule has 4 nitrogen and oxygen atoms in total. The van der Waals surface area contributed by atoms with Crippen LogP contribution in [0.4, 0.5) is 0 Å². The summed E-state index contributed by atoms with van der Waals surface area (Å²) in [4.78, 5) is 0. The van der Waals surface area contributed by atoms with Crippen LogP contribution < -0.4 is 10.7 Å². The second-order valence-electron chi connectivity index (χ2n) is 14.3. The van der Waals surface area contributed by atoms with Crippen LogP contribution in [0.15, 0.2) is 48.5 Å². The Labute approximate surface area is 236 Å². The Bertz CT molecular complexity index is 1890. The number of rotatable bonds is 2. The fraction of sp³-hybridized carbons (Fsp3) is 0.412. The van der Waals surface area contributed by atoms with Crippen molar-refractivity contribution < 1.29 is 18.6 Å². The smallest absolute Gasteiger partial charge is 0.403 e. The molecule has 0 aromatic heterocycles. The first-order valence-corrected chi connectivity index (χ1v) is 14.6. The van der Waals surface area contributed by atoms with E-state index in [1.807, 2.05) is 0 Å². The Hall–Kier alpha value is -2.63. The molecule has 2 aliphatic heterocycles. The average molecular weight is 530 g/mol. The molecule has 40 heavy (non-hydrogen) atoms. The molecule has 2 saturated heterocycles. The van der Waals surface area contributed by atoms with Gasteiger partial charge in [-0.3, -0.25) is 0 Å². The number of hydrogen-bond donors (Lipinski definition) is 0. The topological polar surface area (TPSA) is 36.9 Å². The summed E-state index contributed by atoms with van der Waals surface area (Å²) in [6, 6.07) is 18.4. The number of benzene rings is 5. The van der Waals surface area contributed by atoms with Gasteiger partial charge in [-0.15, -0.1) is 0 Å². The molecule has 0 bridgehead atoms. The lowest BCUT2D eigenvalue weighted by atomic mass is 9.65. The fourth-order valence-corrected chi connectivity index (χ4v) is 7.03. The van der Waals surface area contributed by atoms with Crippen molar-refractivity contribution in [2.45, 2.75) is 90.0 Å². The van der Waals surface area contributed by atoms with Crippen LogP contribution in [0.5, 0.6) is 0 Å². The second-order valence-corrected chi connectivity index (χ2v) is 14.3. The van der Waals surface area contributed by atoms with E-state index in [0.29, 0.717) is 0 Å². The molecule has 0 N–H and O–H groups in total. The summed E-state index contributed by atoms with van der Waals surface area (Å²) < 4.78 is 25.8. The van der Waals surface area contributed by atoms with Crippen LogP contribution in [-0.4, -0.2) is 36.6 Å². The van der Waals surface area contributed by atoms with Gasteiger partial charge in [-0.05, 0) is 133 Å². The van der Waals surface area contributed by atoms with Gasteiger partial charge in [-0.25, -0.2) is 0 Å². The zero-order valence-electron chi connectivity index (χ0n) is 24.8. The van der Waals surface area contributed by atoms with E-state index in [4.69, 9.17) is 18.6 Å². The van der Waals surface area contributed by atoms with Gasteiger partial charge < -0.3 is 18.6 Å². The molecule has 8 rings (SSSR count). The van der Waals surface area contributed by atoms with E-state index in [9.17, 15) is 0 Å². The highest BCUT2D eigenvalue weighted by Crippen LogP contribution is 2.45. The van der Waals surface area contributed by atoms with Gasteiger partial charge >= 0.3 is 14.2 Å². The summed E-state index contributed by atoms with van der Waals surface area (Å²) in [6.45, 7) is 17.0. The average Bonchev–Trinajstić information content (AvgIpc) is 3.24. The normalized spacial score (nSPS) is 24.6. The zero-order valence-corrected chi connectivity index (χ0v) is 24.8. The predicted octanol–water partition coefficient (Wildman–Crippen LogP) is 6.55. The lowest BCUT2D eigenvalue weighted by Gasteiger charge is -2.32. The van der Waals surface area contributed by atoms with Gasteiger partial charge in [0, 0.05) is 5.82 Å². The molecule has 0 saturated carbocycles. The summed E-state index contributed by atoms with van der Waals surface area (Å²) in [6.07, 6.45) is 3.31. The third-order valence-corrected chi connectivity index (χ3v) is 10.7. The molecule has 2 heterocycles. The molecule has 5 aromatic carbocycles. The van der Waals surface area contributed by atoms with Crippen molar-refractivity contribution in [3.63, 3.8) is 0 Å². The minimum Gasteiger partial charge on any atom is -0.403 e. The van der Waals surface area contributed by atoms with Crippen LogP contribution in [0.3, 0.4) is 0 Å². The lowest BCUT2D eigenvalue weighted by Crippen LogP contribution is -2.41. The Morgan fingerprint density at radius 3 is 1.77 bits per heavy atom. The van der Waals surface area contributed by atoms with Crippen molar-refractivity contribution in [2.75, 3.05) is 0 Å². The van der Waals surface area contributed by atoms with Crippen LogP contribution in [0.1, 0.15) is 61.0 Å². The Morgan fingerprint density at radius 2 is 1.10 bits per heavy atom. The molecule has 0 spiro atoms. The highest BCUT2D eigenvalue weighted by Gasteiger charge is 2.54. The van der Waals surface area contributed by atoms with Gasteiger partial charge in [0.25, 0.3) is 0 Å². The molecular weight excluding hydrogens is 494 g/mol. The Balaban J connectivity index is 1.31. The van der Waals surface area contributed by atoms with Crippen molar-refractivity contribution in [1.82, 2.24) is 0 Å². The first-order valence-electron chi connectivity index (χ1n) is 14.6. The van der Waals surface area contributed by atoms with Crippen molar-refractivity contribution in [3.8, 4) is 0 Å². The fourth-order valence-electron chi connectivity index (χ4n) is 7.03. The van der Waals surface area contributed by atoms with Crippen LogP contribution in [0, 0.1) is 0 Å². The third kappa shape index (κ3) is 3.25. The van der Waals surface area contributed by atoms with E-state index in [1.165, 1.54) is 53.9 Å². The van der Waals surface area contributed by atoms with Gasteiger partial charge in [0.2, 0.25) is 0 Å². The maximum Gasteiger partial charge on any atom is 0.494 e. The molecule has 1 unspecified atom stereocenters. The highest BCUT2D eigenvalue weighted by molar-refractivity contribution is 6.63. The molecule has 1 aliphatic carbocycles. The first kappa shape index (κ1) is 25.1. The largest absolute Gasteiger partial charge is 0.494 e. The molecular formula is C34H36B2O4.